The van der Waals surface area contributed by atoms with Crippen LogP contribution in [-0.4, -0.2) is 17.2 Å². The van der Waals surface area contributed by atoms with E-state index in [4.69, 9.17) is 0 Å². The van der Waals surface area contributed by atoms with Gasteiger partial charge in [-0.05, 0) is 205 Å². The molecule has 654 valence electrons. The first kappa shape index (κ1) is 97.5. The summed E-state index contributed by atoms with van der Waals surface area (Å²) >= 11 is 2.93. The van der Waals surface area contributed by atoms with Gasteiger partial charge < -0.3 is 10.0 Å². The smallest absolute Gasteiger partial charge is 0.423 e. The first-order chi connectivity index (χ1) is 64.9. The summed E-state index contributed by atoms with van der Waals surface area (Å²) in [5.41, 5.74) is 9.98. The number of halogens is 5. The van der Waals surface area contributed by atoms with E-state index in [1.54, 1.807) is 0 Å². The van der Waals surface area contributed by atoms with E-state index in [1.165, 1.54) is 87.9 Å². The number of rotatable bonds is 18. The van der Waals surface area contributed by atoms with Crippen LogP contribution in [0.25, 0.3) is 55.6 Å². The van der Waals surface area contributed by atoms with Crippen LogP contribution in [0.3, 0.4) is 0 Å². The van der Waals surface area contributed by atoms with Crippen LogP contribution in [0.5, 0.6) is 0 Å². The van der Waals surface area contributed by atoms with Crippen LogP contribution in [0, 0.1) is 23.3 Å². The Hall–Kier alpha value is -13.0. The van der Waals surface area contributed by atoms with E-state index >= 15 is 0 Å². The minimum absolute atomic E-state index is 0. The quantitative estimate of drug-likeness (QED) is 0.0511. The van der Waals surface area contributed by atoms with Crippen molar-refractivity contribution in [3.8, 4) is 55.6 Å². The first-order valence-corrected chi connectivity index (χ1v) is 49.3. The van der Waals surface area contributed by atoms with Crippen LogP contribution in [0.2, 0.25) is 0 Å². The summed E-state index contributed by atoms with van der Waals surface area (Å²) < 4.78 is 52.2. The van der Waals surface area contributed by atoms with Crippen LogP contribution in [0.4, 0.5) is 17.6 Å². The molecule has 0 radical (unpaired) electrons. The minimum Gasteiger partial charge on any atom is -0.423 e. The van der Waals surface area contributed by atoms with Crippen molar-refractivity contribution in [2.45, 2.75) is 0 Å². The molecule has 2 nitrogen and oxygen atoms in total. The predicted octanol–water partition coefficient (Wildman–Crippen LogP) is 26.2. The second-order valence-corrected chi connectivity index (χ2v) is 39.9. The molecule has 0 bridgehead atoms. The molecule has 0 saturated carbocycles. The van der Waals surface area contributed by atoms with Gasteiger partial charge in [-0.2, -0.15) is 0 Å². The molecular weight excluding hydrogens is 1870 g/mol. The van der Waals surface area contributed by atoms with E-state index in [1.807, 2.05) is 146 Å². The van der Waals surface area contributed by atoms with E-state index in [0.717, 1.165) is 62.2 Å². The summed E-state index contributed by atoms with van der Waals surface area (Å²) in [5.74, 6) is -2.29. The van der Waals surface area contributed by atoms with Crippen molar-refractivity contribution in [2.24, 2.45) is 0 Å². The molecule has 0 unspecified atom stereocenters. The molecule has 0 aromatic heterocycles. The fourth-order valence-corrected chi connectivity index (χ4v) is 24.4. The topological polar surface area (TPSA) is 40.5 Å². The van der Waals surface area contributed by atoms with E-state index < -0.39 is 62.1 Å². The molecule has 2 N–H and O–H groups in total. The zero-order valence-electron chi connectivity index (χ0n) is 72.6. The van der Waals surface area contributed by atoms with Crippen LogP contribution >= 0.6 is 47.6 Å². The van der Waals surface area contributed by atoms with Gasteiger partial charge in [0.05, 0.1) is 0 Å². The number of benzene rings is 20. The number of hydrogen-bond donors (Lipinski definition) is 2. The Kier molecular flexibility index (Phi) is 38.3. The largest absolute Gasteiger partial charge is 0.488 e. The maximum atomic E-state index is 13.7. The van der Waals surface area contributed by atoms with Gasteiger partial charge in [-0.15, -0.1) is 0 Å². The molecule has 0 atom stereocenters. The molecule has 133 heavy (non-hydrogen) atoms. The van der Waals surface area contributed by atoms with Crippen molar-refractivity contribution >= 4 is 124 Å². The van der Waals surface area contributed by atoms with Gasteiger partial charge in [-0.3, -0.25) is 0 Å². The van der Waals surface area contributed by atoms with Gasteiger partial charge in [0.15, 0.2) is 0 Å². The Morgan fingerprint density at radius 2 is 0.286 bits per heavy atom. The molecule has 0 spiro atoms. The summed E-state index contributed by atoms with van der Waals surface area (Å²) in [4.78, 5) is 0. The Morgan fingerprint density at radius 1 is 0.158 bits per heavy atom. The Balaban J connectivity index is 0.000000133. The minimum atomic E-state index is -1.48. The maximum absolute atomic E-state index is 13.7. The summed E-state index contributed by atoms with van der Waals surface area (Å²) in [5, 5.41) is 35.8. The Morgan fingerprint density at radius 3 is 0.436 bits per heavy atom. The summed E-state index contributed by atoms with van der Waals surface area (Å²) in [6, 6.07) is 188. The van der Waals surface area contributed by atoms with Gasteiger partial charge in [0, 0.05) is 37.0 Å². The van der Waals surface area contributed by atoms with E-state index in [0.29, 0.717) is 15.5 Å². The third-order valence-corrected chi connectivity index (χ3v) is 31.0. The third kappa shape index (κ3) is 29.5. The van der Waals surface area contributed by atoms with Gasteiger partial charge in [0.2, 0.25) is 0 Å². The molecule has 20 aromatic rings. The monoisotopic (exact) mass is 1960 g/mol. The van der Waals surface area contributed by atoms with Gasteiger partial charge in [-0.1, -0.05) is 513 Å². The predicted molar refractivity (Wildman–Crippen MR) is 564 cm³/mol. The molecule has 0 aliphatic rings. The molecule has 20 rings (SSSR count). The van der Waals surface area contributed by atoms with Crippen molar-refractivity contribution < 1.29 is 48.0 Å². The third-order valence-electron chi connectivity index (χ3n) is 20.8. The van der Waals surface area contributed by atoms with Crippen LogP contribution in [0.1, 0.15) is 0 Å². The SMILES string of the molecule is Fc1cc(F)cc(-c2cc(-c3ccccc3)cc(-c3ccccc3)c2)c1.Fc1cc(F)cc(Br)c1.OB(O)c1cc(-c2ccccc2)cc(-c2ccccc2)c1.[Pd].c1ccc(P(c2ccccc2)c2ccccc2)cc1.c1ccc(P(c2ccccc2)c2ccccc2)cc1.c1ccc(P(c2ccccc2)c2ccccc2)cc1.c1ccc(P(c2ccccc2)c2ccccc2)cc1. The molecule has 0 saturated heterocycles. The average Bonchev–Trinajstić information content (AvgIpc) is 0.798. The van der Waals surface area contributed by atoms with Gasteiger partial charge in [-0.25, -0.2) is 17.6 Å². The van der Waals surface area contributed by atoms with Crippen LogP contribution in [0.15, 0.2) is 563 Å². The Bertz CT molecular complexity index is 5720. The van der Waals surface area contributed by atoms with Gasteiger partial charge >= 0.3 is 7.12 Å². The number of hydrogen-bond acceptors (Lipinski definition) is 2. The Labute approximate surface area is 806 Å². The first-order valence-electron chi connectivity index (χ1n) is 43.2. The molecular formula is C120H94BBrF4O2P4Pd. The second-order valence-electron chi connectivity index (χ2n) is 30.1. The summed E-state index contributed by atoms with van der Waals surface area (Å²) in [7, 11) is -3.26. The second kappa shape index (κ2) is 52.3. The van der Waals surface area contributed by atoms with Gasteiger partial charge in [0.1, 0.15) is 23.3 Å². The van der Waals surface area contributed by atoms with Crippen molar-refractivity contribution in [1.82, 2.24) is 0 Å². The molecule has 20 aromatic carbocycles. The molecule has 0 aliphatic heterocycles. The van der Waals surface area contributed by atoms with Crippen molar-refractivity contribution in [3.63, 3.8) is 0 Å². The fourth-order valence-electron chi connectivity index (χ4n) is 14.7. The van der Waals surface area contributed by atoms with Crippen molar-refractivity contribution in [3.05, 3.63) is 586 Å². The maximum Gasteiger partial charge on any atom is 0.488 e. The zero-order valence-corrected chi connectivity index (χ0v) is 79.3. The standard InChI is InChI=1S/C24H16F2.C18H15BO2.4C18H15P.C6H3BrF2.Pd/c25-23-14-22(15-24(26)16-23)21-12-19(17-7-3-1-4-8-17)11-20(13-21)18-9-5-2-6-10-18;20-19(21)18-12-16(14-7-3-1-4-8-14)11-17(13-18)15-9-5-2-6-10-15;4*1-4-10-16(11-5-1)19(17-12-6-2-7-13-17)18-14-8-3-9-15-18;7-4-1-5(8)3-6(9)2-4;/h1-16H;1-13,20-21H;4*1-15H;1-3H;. The van der Waals surface area contributed by atoms with Crippen LogP contribution in [-0.2, 0) is 20.4 Å². The molecule has 0 aliphatic carbocycles. The van der Waals surface area contributed by atoms with Crippen molar-refractivity contribution in [1.29, 1.82) is 0 Å². The van der Waals surface area contributed by atoms with Gasteiger partial charge in [0.25, 0.3) is 0 Å². The summed E-state index contributed by atoms with van der Waals surface area (Å²) in [6.45, 7) is 0. The van der Waals surface area contributed by atoms with Crippen LogP contribution < -0.4 is 69.1 Å². The van der Waals surface area contributed by atoms with E-state index in [2.05, 4.69) is 392 Å². The summed E-state index contributed by atoms with van der Waals surface area (Å²) in [6.07, 6.45) is 0. The zero-order chi connectivity index (χ0) is 91.1. The molecule has 0 heterocycles. The average molecular weight is 1970 g/mol. The fraction of sp³-hybridized carbons (Fsp3) is 0. The molecule has 0 amide bonds. The van der Waals surface area contributed by atoms with Crippen molar-refractivity contribution in [2.75, 3.05) is 0 Å². The molecule has 0 fully saturated rings. The van der Waals surface area contributed by atoms with E-state index in [9.17, 15) is 27.6 Å². The van der Waals surface area contributed by atoms with E-state index in [-0.39, 0.29) is 20.4 Å². The normalized spacial score (nSPS) is 10.4. The molecule has 13 heteroatoms.